The third-order valence-electron chi connectivity index (χ3n) is 3.54. The maximum absolute atomic E-state index is 4.38. The lowest BCUT2D eigenvalue weighted by atomic mass is 10.1. The summed E-state index contributed by atoms with van der Waals surface area (Å²) in [5.41, 5.74) is 1.23. The van der Waals surface area contributed by atoms with Crippen LogP contribution in [0.15, 0.2) is 18.3 Å². The highest BCUT2D eigenvalue weighted by atomic mass is 32.2. The van der Waals surface area contributed by atoms with Crippen LogP contribution in [-0.4, -0.2) is 22.5 Å². The van der Waals surface area contributed by atoms with E-state index < -0.39 is 0 Å². The molecule has 0 aliphatic heterocycles. The Morgan fingerprint density at radius 1 is 1.44 bits per heavy atom. The first kappa shape index (κ1) is 11.8. The Labute approximate surface area is 102 Å². The standard InChI is InChI=1S/C13H20N2S/c1-11-6-5-9-14-12(11)15-10-13(16-2)7-3-4-8-13/h5-6,9H,3-4,7-8,10H2,1-2H3,(H,14,15). The van der Waals surface area contributed by atoms with Crippen molar-refractivity contribution in [2.24, 2.45) is 0 Å². The number of nitrogens with zero attached hydrogens (tertiary/aromatic N) is 1. The molecule has 0 unspecified atom stereocenters. The number of hydrogen-bond acceptors (Lipinski definition) is 3. The van der Waals surface area contributed by atoms with Crippen molar-refractivity contribution >= 4 is 17.6 Å². The molecule has 0 amide bonds. The fourth-order valence-electron chi connectivity index (χ4n) is 2.39. The quantitative estimate of drug-likeness (QED) is 0.866. The van der Waals surface area contributed by atoms with Crippen LogP contribution in [0, 0.1) is 6.92 Å². The average Bonchev–Trinajstić information content (AvgIpc) is 2.78. The lowest BCUT2D eigenvalue weighted by molar-refractivity contribution is 0.638. The van der Waals surface area contributed by atoms with Crippen molar-refractivity contribution in [1.29, 1.82) is 0 Å². The van der Waals surface area contributed by atoms with E-state index in [1.54, 1.807) is 0 Å². The molecule has 2 rings (SSSR count). The summed E-state index contributed by atoms with van der Waals surface area (Å²) < 4.78 is 0.448. The first-order chi connectivity index (χ1) is 7.76. The summed E-state index contributed by atoms with van der Waals surface area (Å²) in [5.74, 6) is 1.04. The molecular weight excluding hydrogens is 216 g/mol. The normalized spacial score (nSPS) is 18.6. The molecule has 1 fully saturated rings. The van der Waals surface area contributed by atoms with E-state index >= 15 is 0 Å². The van der Waals surface area contributed by atoms with Crippen molar-refractivity contribution < 1.29 is 0 Å². The first-order valence-corrected chi connectivity index (χ1v) is 7.19. The van der Waals surface area contributed by atoms with Crippen molar-refractivity contribution in [1.82, 2.24) is 4.98 Å². The summed E-state index contributed by atoms with van der Waals surface area (Å²) >= 11 is 2.01. The Balaban J connectivity index is 1.98. The highest BCUT2D eigenvalue weighted by molar-refractivity contribution is 8.00. The molecule has 0 spiro atoms. The molecule has 0 aromatic carbocycles. The van der Waals surface area contributed by atoms with E-state index in [0.717, 1.165) is 12.4 Å². The fraction of sp³-hybridized carbons (Fsp3) is 0.615. The van der Waals surface area contributed by atoms with Crippen molar-refractivity contribution in [3.63, 3.8) is 0 Å². The Morgan fingerprint density at radius 2 is 2.19 bits per heavy atom. The lowest BCUT2D eigenvalue weighted by Crippen LogP contribution is -2.30. The molecule has 88 valence electrons. The van der Waals surface area contributed by atoms with Crippen LogP contribution in [0.25, 0.3) is 0 Å². The Hall–Kier alpha value is -0.700. The summed E-state index contributed by atoms with van der Waals surface area (Å²) in [6.45, 7) is 3.15. The van der Waals surface area contributed by atoms with Gasteiger partial charge in [-0.2, -0.15) is 11.8 Å². The van der Waals surface area contributed by atoms with Crippen molar-refractivity contribution in [2.75, 3.05) is 18.1 Å². The van der Waals surface area contributed by atoms with Gasteiger partial charge in [0, 0.05) is 17.5 Å². The molecule has 3 heteroatoms. The fourth-order valence-corrected chi connectivity index (χ4v) is 3.30. The lowest BCUT2D eigenvalue weighted by Gasteiger charge is -2.27. The van der Waals surface area contributed by atoms with E-state index in [0.29, 0.717) is 4.75 Å². The smallest absolute Gasteiger partial charge is 0.128 e. The maximum atomic E-state index is 4.38. The number of pyridine rings is 1. The second-order valence-electron chi connectivity index (χ2n) is 4.62. The van der Waals surface area contributed by atoms with Gasteiger partial charge in [0.05, 0.1) is 0 Å². The molecule has 1 saturated carbocycles. The number of aryl methyl sites for hydroxylation is 1. The highest BCUT2D eigenvalue weighted by Crippen LogP contribution is 2.40. The van der Waals surface area contributed by atoms with Gasteiger partial charge in [-0.3, -0.25) is 0 Å². The molecule has 0 atom stereocenters. The molecule has 1 aromatic heterocycles. The molecule has 16 heavy (non-hydrogen) atoms. The van der Waals surface area contributed by atoms with Gasteiger partial charge in [-0.05, 0) is 37.7 Å². The number of thioether (sulfide) groups is 1. The van der Waals surface area contributed by atoms with Gasteiger partial charge in [0.2, 0.25) is 0 Å². The third-order valence-corrected chi connectivity index (χ3v) is 4.95. The van der Waals surface area contributed by atoms with Crippen LogP contribution in [0.2, 0.25) is 0 Å². The summed E-state index contributed by atoms with van der Waals surface area (Å²) in [6, 6.07) is 4.09. The van der Waals surface area contributed by atoms with Crippen LogP contribution in [-0.2, 0) is 0 Å². The summed E-state index contributed by atoms with van der Waals surface area (Å²) in [7, 11) is 0. The SMILES string of the molecule is CSC1(CNc2ncccc2C)CCCC1. The zero-order valence-corrected chi connectivity index (χ0v) is 10.9. The minimum atomic E-state index is 0.448. The van der Waals surface area contributed by atoms with Gasteiger partial charge in [0.25, 0.3) is 0 Å². The molecule has 1 N–H and O–H groups in total. The zero-order chi connectivity index (χ0) is 11.4. The first-order valence-electron chi connectivity index (χ1n) is 5.96. The van der Waals surface area contributed by atoms with Crippen molar-refractivity contribution in [3.8, 4) is 0 Å². The second kappa shape index (κ2) is 5.09. The molecule has 0 radical (unpaired) electrons. The summed E-state index contributed by atoms with van der Waals surface area (Å²) in [6.07, 6.45) is 9.53. The number of nitrogens with one attached hydrogen (secondary N) is 1. The van der Waals surface area contributed by atoms with E-state index in [4.69, 9.17) is 0 Å². The number of rotatable bonds is 4. The minimum absolute atomic E-state index is 0.448. The largest absolute Gasteiger partial charge is 0.368 e. The average molecular weight is 236 g/mol. The van der Waals surface area contributed by atoms with Crippen LogP contribution < -0.4 is 5.32 Å². The summed E-state index contributed by atoms with van der Waals surface area (Å²) in [5, 5.41) is 3.51. The van der Waals surface area contributed by atoms with Gasteiger partial charge in [0.1, 0.15) is 5.82 Å². The van der Waals surface area contributed by atoms with Crippen LogP contribution >= 0.6 is 11.8 Å². The Bertz CT molecular complexity index is 346. The molecule has 1 heterocycles. The van der Waals surface area contributed by atoms with Crippen LogP contribution in [0.1, 0.15) is 31.2 Å². The van der Waals surface area contributed by atoms with Gasteiger partial charge in [-0.1, -0.05) is 18.9 Å². The highest BCUT2D eigenvalue weighted by Gasteiger charge is 2.32. The molecule has 0 bridgehead atoms. The zero-order valence-electron chi connectivity index (χ0n) is 10.1. The second-order valence-corrected chi connectivity index (χ2v) is 5.89. The monoisotopic (exact) mass is 236 g/mol. The van der Waals surface area contributed by atoms with E-state index in [9.17, 15) is 0 Å². The number of hydrogen-bond donors (Lipinski definition) is 1. The van der Waals surface area contributed by atoms with E-state index in [-0.39, 0.29) is 0 Å². The van der Waals surface area contributed by atoms with Crippen LogP contribution in [0.3, 0.4) is 0 Å². The van der Waals surface area contributed by atoms with Gasteiger partial charge < -0.3 is 5.32 Å². The topological polar surface area (TPSA) is 24.9 Å². The Kier molecular flexibility index (Phi) is 3.74. The minimum Gasteiger partial charge on any atom is -0.368 e. The molecule has 1 aromatic rings. The van der Waals surface area contributed by atoms with Crippen LogP contribution in [0.4, 0.5) is 5.82 Å². The molecule has 2 nitrogen and oxygen atoms in total. The summed E-state index contributed by atoms with van der Waals surface area (Å²) in [4.78, 5) is 4.38. The predicted molar refractivity (Wildman–Crippen MR) is 72.2 cm³/mol. The molecular formula is C13H20N2S. The van der Waals surface area contributed by atoms with Crippen molar-refractivity contribution in [3.05, 3.63) is 23.9 Å². The molecule has 1 aliphatic carbocycles. The predicted octanol–water partition coefficient (Wildman–Crippen LogP) is 3.48. The molecule has 1 aliphatic rings. The molecule has 0 saturated heterocycles. The van der Waals surface area contributed by atoms with E-state index in [2.05, 4.69) is 29.5 Å². The maximum Gasteiger partial charge on any atom is 0.128 e. The number of anilines is 1. The third kappa shape index (κ3) is 2.51. The van der Waals surface area contributed by atoms with Crippen LogP contribution in [0.5, 0.6) is 0 Å². The van der Waals surface area contributed by atoms with Gasteiger partial charge >= 0.3 is 0 Å². The van der Waals surface area contributed by atoms with Gasteiger partial charge in [0.15, 0.2) is 0 Å². The van der Waals surface area contributed by atoms with E-state index in [1.807, 2.05) is 24.0 Å². The Morgan fingerprint density at radius 3 is 2.81 bits per heavy atom. The van der Waals surface area contributed by atoms with Gasteiger partial charge in [-0.25, -0.2) is 4.98 Å². The van der Waals surface area contributed by atoms with Crippen molar-refractivity contribution in [2.45, 2.75) is 37.4 Å². The van der Waals surface area contributed by atoms with Gasteiger partial charge in [-0.15, -0.1) is 0 Å². The van der Waals surface area contributed by atoms with E-state index in [1.165, 1.54) is 31.2 Å². The number of aromatic nitrogens is 1.